The van der Waals surface area contributed by atoms with E-state index in [0.717, 1.165) is 63.9 Å². The lowest BCUT2D eigenvalue weighted by Gasteiger charge is -2.29. The molecule has 0 unspecified atom stereocenters. The van der Waals surface area contributed by atoms with Crippen molar-refractivity contribution in [3.63, 3.8) is 0 Å². The summed E-state index contributed by atoms with van der Waals surface area (Å²) in [4.78, 5) is 11.8. The number of piperazine rings is 1. The summed E-state index contributed by atoms with van der Waals surface area (Å²) in [5.74, 6) is 1.70. The molecular formula is C15H24N4O. The van der Waals surface area contributed by atoms with Gasteiger partial charge in [0.15, 0.2) is 0 Å². The van der Waals surface area contributed by atoms with E-state index in [-0.39, 0.29) is 0 Å². The van der Waals surface area contributed by atoms with Crippen LogP contribution in [0.1, 0.15) is 37.4 Å². The number of ether oxygens (including phenoxy) is 1. The lowest BCUT2D eigenvalue weighted by atomic mass is 9.97. The van der Waals surface area contributed by atoms with Gasteiger partial charge in [0.25, 0.3) is 0 Å². The molecule has 0 saturated carbocycles. The average molecular weight is 276 g/mol. The van der Waals surface area contributed by atoms with Crippen molar-refractivity contribution in [1.29, 1.82) is 0 Å². The third kappa shape index (κ3) is 2.87. The van der Waals surface area contributed by atoms with Gasteiger partial charge in [-0.25, -0.2) is 4.98 Å². The maximum absolute atomic E-state index is 5.89. The first-order valence-electron chi connectivity index (χ1n) is 7.86. The van der Waals surface area contributed by atoms with Crippen molar-refractivity contribution in [1.82, 2.24) is 15.3 Å². The van der Waals surface area contributed by atoms with Gasteiger partial charge in [0.1, 0.15) is 0 Å². The molecule has 20 heavy (non-hydrogen) atoms. The van der Waals surface area contributed by atoms with E-state index >= 15 is 0 Å². The molecule has 0 spiro atoms. The van der Waals surface area contributed by atoms with Gasteiger partial charge in [0.05, 0.1) is 12.3 Å². The monoisotopic (exact) mass is 276 g/mol. The van der Waals surface area contributed by atoms with Crippen molar-refractivity contribution in [2.45, 2.75) is 39.0 Å². The van der Waals surface area contributed by atoms with Gasteiger partial charge < -0.3 is 15.0 Å². The number of aryl methyl sites for hydroxylation is 1. The number of hydrogen-bond donors (Lipinski definition) is 1. The van der Waals surface area contributed by atoms with Crippen LogP contribution in [-0.4, -0.2) is 42.8 Å². The zero-order valence-electron chi connectivity index (χ0n) is 12.3. The molecule has 1 fully saturated rings. The third-order valence-corrected chi connectivity index (χ3v) is 3.98. The van der Waals surface area contributed by atoms with Crippen LogP contribution in [0, 0.1) is 0 Å². The summed E-state index contributed by atoms with van der Waals surface area (Å²) >= 11 is 0. The van der Waals surface area contributed by atoms with Crippen LogP contribution in [0.2, 0.25) is 0 Å². The molecule has 0 bridgehead atoms. The SMILES string of the molecule is CCCOc1nc(N2CCNCC2)nc2c1CCCC2. The largest absolute Gasteiger partial charge is 0.477 e. The van der Waals surface area contributed by atoms with E-state index in [0.29, 0.717) is 0 Å². The molecule has 1 N–H and O–H groups in total. The fourth-order valence-corrected chi connectivity index (χ4v) is 2.87. The molecule has 1 aliphatic heterocycles. The summed E-state index contributed by atoms with van der Waals surface area (Å²) in [6, 6.07) is 0. The molecule has 1 aromatic rings. The summed E-state index contributed by atoms with van der Waals surface area (Å²) < 4.78 is 5.89. The fourth-order valence-electron chi connectivity index (χ4n) is 2.87. The van der Waals surface area contributed by atoms with Crippen LogP contribution in [0.4, 0.5) is 5.95 Å². The smallest absolute Gasteiger partial charge is 0.228 e. The minimum absolute atomic E-state index is 0.741. The minimum Gasteiger partial charge on any atom is -0.477 e. The van der Waals surface area contributed by atoms with Crippen LogP contribution in [0.25, 0.3) is 0 Å². The normalized spacial score (nSPS) is 18.8. The number of nitrogens with zero attached hydrogens (tertiary/aromatic N) is 3. The molecular weight excluding hydrogens is 252 g/mol. The maximum atomic E-state index is 5.89. The second-order valence-corrected chi connectivity index (χ2v) is 5.55. The Hall–Kier alpha value is -1.36. The summed E-state index contributed by atoms with van der Waals surface area (Å²) in [6.07, 6.45) is 5.61. The summed E-state index contributed by atoms with van der Waals surface area (Å²) in [7, 11) is 0. The highest BCUT2D eigenvalue weighted by molar-refractivity contribution is 5.42. The van der Waals surface area contributed by atoms with Crippen molar-refractivity contribution in [3.8, 4) is 5.88 Å². The van der Waals surface area contributed by atoms with Crippen LogP contribution in [0.15, 0.2) is 0 Å². The number of hydrogen-bond acceptors (Lipinski definition) is 5. The van der Waals surface area contributed by atoms with Gasteiger partial charge in [-0.1, -0.05) is 6.92 Å². The number of nitrogens with one attached hydrogen (secondary N) is 1. The number of fused-ring (bicyclic) bond motifs is 1. The summed E-state index contributed by atoms with van der Waals surface area (Å²) in [6.45, 7) is 6.84. The molecule has 1 aromatic heterocycles. The van der Waals surface area contributed by atoms with Crippen molar-refractivity contribution in [2.75, 3.05) is 37.7 Å². The van der Waals surface area contributed by atoms with Crippen LogP contribution < -0.4 is 15.0 Å². The van der Waals surface area contributed by atoms with Crippen molar-refractivity contribution >= 4 is 5.95 Å². The van der Waals surface area contributed by atoms with E-state index in [1.165, 1.54) is 24.1 Å². The Kier molecular flexibility index (Phi) is 4.35. The molecule has 0 atom stereocenters. The van der Waals surface area contributed by atoms with E-state index < -0.39 is 0 Å². The molecule has 5 nitrogen and oxygen atoms in total. The number of rotatable bonds is 4. The summed E-state index contributed by atoms with van der Waals surface area (Å²) in [5, 5.41) is 3.37. The molecule has 0 amide bonds. The lowest BCUT2D eigenvalue weighted by Crippen LogP contribution is -2.44. The molecule has 110 valence electrons. The van der Waals surface area contributed by atoms with E-state index in [9.17, 15) is 0 Å². The van der Waals surface area contributed by atoms with Crippen molar-refractivity contribution in [2.24, 2.45) is 0 Å². The predicted octanol–water partition coefficient (Wildman–Crippen LogP) is 1.55. The Morgan fingerprint density at radius 3 is 2.75 bits per heavy atom. The zero-order valence-corrected chi connectivity index (χ0v) is 12.3. The first kappa shape index (κ1) is 13.6. The second kappa shape index (κ2) is 6.39. The van der Waals surface area contributed by atoms with Crippen LogP contribution in [-0.2, 0) is 12.8 Å². The quantitative estimate of drug-likeness (QED) is 0.904. The Morgan fingerprint density at radius 2 is 1.95 bits per heavy atom. The van der Waals surface area contributed by atoms with Crippen LogP contribution in [0.3, 0.4) is 0 Å². The van der Waals surface area contributed by atoms with E-state index in [2.05, 4.69) is 17.1 Å². The van der Waals surface area contributed by atoms with Gasteiger partial charge >= 0.3 is 0 Å². The Balaban J connectivity index is 1.89. The topological polar surface area (TPSA) is 50.3 Å². The zero-order chi connectivity index (χ0) is 13.8. The van der Waals surface area contributed by atoms with Crippen LogP contribution >= 0.6 is 0 Å². The molecule has 1 aliphatic carbocycles. The standard InChI is InChI=1S/C15H24N4O/c1-2-11-20-14-12-5-3-4-6-13(12)17-15(18-14)19-9-7-16-8-10-19/h16H,2-11H2,1H3. The average Bonchev–Trinajstić information content (AvgIpc) is 2.53. The van der Waals surface area contributed by atoms with Gasteiger partial charge in [0, 0.05) is 31.7 Å². The first-order chi connectivity index (χ1) is 9.88. The highest BCUT2D eigenvalue weighted by atomic mass is 16.5. The number of anilines is 1. The molecule has 1 saturated heterocycles. The molecule has 2 aliphatic rings. The van der Waals surface area contributed by atoms with Gasteiger partial charge in [-0.2, -0.15) is 4.98 Å². The fraction of sp³-hybridized carbons (Fsp3) is 0.733. The highest BCUT2D eigenvalue weighted by Crippen LogP contribution is 2.29. The summed E-state index contributed by atoms with van der Waals surface area (Å²) in [5.41, 5.74) is 2.47. The lowest BCUT2D eigenvalue weighted by molar-refractivity contribution is 0.299. The Morgan fingerprint density at radius 1 is 1.15 bits per heavy atom. The first-order valence-corrected chi connectivity index (χ1v) is 7.86. The molecule has 0 aromatic carbocycles. The van der Waals surface area contributed by atoms with E-state index in [1.807, 2.05) is 0 Å². The van der Waals surface area contributed by atoms with Gasteiger partial charge in [-0.3, -0.25) is 0 Å². The molecule has 3 rings (SSSR count). The van der Waals surface area contributed by atoms with E-state index in [1.54, 1.807) is 0 Å². The van der Waals surface area contributed by atoms with Crippen molar-refractivity contribution in [3.05, 3.63) is 11.3 Å². The molecule has 5 heteroatoms. The number of aromatic nitrogens is 2. The van der Waals surface area contributed by atoms with E-state index in [4.69, 9.17) is 14.7 Å². The molecule has 2 heterocycles. The van der Waals surface area contributed by atoms with Gasteiger partial charge in [-0.05, 0) is 32.1 Å². The predicted molar refractivity (Wildman–Crippen MR) is 79.5 cm³/mol. The Labute approximate surface area is 120 Å². The van der Waals surface area contributed by atoms with Crippen molar-refractivity contribution < 1.29 is 4.74 Å². The maximum Gasteiger partial charge on any atom is 0.228 e. The Bertz CT molecular complexity index is 457. The van der Waals surface area contributed by atoms with Gasteiger partial charge in [0.2, 0.25) is 11.8 Å². The third-order valence-electron chi connectivity index (χ3n) is 3.98. The second-order valence-electron chi connectivity index (χ2n) is 5.55. The highest BCUT2D eigenvalue weighted by Gasteiger charge is 2.22. The van der Waals surface area contributed by atoms with Crippen LogP contribution in [0.5, 0.6) is 5.88 Å². The molecule has 0 radical (unpaired) electrons. The van der Waals surface area contributed by atoms with Gasteiger partial charge in [-0.15, -0.1) is 0 Å². The minimum atomic E-state index is 0.741.